The zero-order chi connectivity index (χ0) is 10.2. The zero-order valence-electron chi connectivity index (χ0n) is 8.20. The fourth-order valence-electron chi connectivity index (χ4n) is 1.41. The second-order valence-electron chi connectivity index (χ2n) is 3.83. The third kappa shape index (κ3) is 2.54. The number of aryl methyl sites for hydroxylation is 1. The Morgan fingerprint density at radius 3 is 2.86 bits per heavy atom. The standard InChI is InChI=1S/C10H12S4/c1-7-3-9(12-5-7)14-10(2)4-8(11)13-6-10/h3,5H,4,6H2,1-2H3. The molecule has 2 rings (SSSR count). The molecule has 1 unspecified atom stereocenters. The molecule has 0 N–H and O–H groups in total. The fraction of sp³-hybridized carbons (Fsp3) is 0.500. The number of thiophene rings is 1. The summed E-state index contributed by atoms with van der Waals surface area (Å²) >= 11 is 10.9. The van der Waals surface area contributed by atoms with Crippen molar-refractivity contribution >= 4 is 51.3 Å². The average Bonchev–Trinajstić information content (AvgIpc) is 2.60. The maximum absolute atomic E-state index is 5.24. The summed E-state index contributed by atoms with van der Waals surface area (Å²) in [7, 11) is 0. The lowest BCUT2D eigenvalue weighted by atomic mass is 10.1. The molecule has 0 radical (unpaired) electrons. The second-order valence-corrected chi connectivity index (χ2v) is 8.45. The first-order valence-corrected chi connectivity index (χ1v) is 7.56. The van der Waals surface area contributed by atoms with E-state index >= 15 is 0 Å². The Kier molecular flexibility index (Phi) is 3.27. The van der Waals surface area contributed by atoms with E-state index in [-0.39, 0.29) is 0 Å². The highest BCUT2D eigenvalue weighted by Crippen LogP contribution is 2.46. The molecule has 0 nitrogen and oxygen atoms in total. The van der Waals surface area contributed by atoms with E-state index in [0.717, 1.165) is 12.2 Å². The van der Waals surface area contributed by atoms with E-state index in [2.05, 4.69) is 25.3 Å². The van der Waals surface area contributed by atoms with Crippen LogP contribution in [0.3, 0.4) is 0 Å². The van der Waals surface area contributed by atoms with E-state index in [9.17, 15) is 0 Å². The summed E-state index contributed by atoms with van der Waals surface area (Å²) in [5.74, 6) is 1.16. The highest BCUT2D eigenvalue weighted by Gasteiger charge is 2.33. The first kappa shape index (κ1) is 11.0. The molecule has 76 valence electrons. The average molecular weight is 260 g/mol. The molecule has 14 heavy (non-hydrogen) atoms. The summed E-state index contributed by atoms with van der Waals surface area (Å²) in [6.07, 6.45) is 1.08. The normalized spacial score (nSPS) is 27.1. The van der Waals surface area contributed by atoms with E-state index in [1.165, 1.54) is 14.0 Å². The lowest BCUT2D eigenvalue weighted by molar-refractivity contribution is 0.784. The molecule has 0 saturated carbocycles. The molecule has 0 spiro atoms. The largest absolute Gasteiger partial charge is 0.137 e. The molecular formula is C10H12S4. The van der Waals surface area contributed by atoms with E-state index in [0.29, 0.717) is 4.75 Å². The number of hydrogen-bond donors (Lipinski definition) is 0. The molecule has 2 heterocycles. The van der Waals surface area contributed by atoms with Crippen LogP contribution in [-0.4, -0.2) is 14.7 Å². The zero-order valence-corrected chi connectivity index (χ0v) is 11.5. The van der Waals surface area contributed by atoms with Crippen LogP contribution in [-0.2, 0) is 0 Å². The topological polar surface area (TPSA) is 0 Å². The first-order valence-electron chi connectivity index (χ1n) is 4.47. The van der Waals surface area contributed by atoms with Gasteiger partial charge >= 0.3 is 0 Å². The van der Waals surface area contributed by atoms with Gasteiger partial charge in [0.15, 0.2) is 0 Å². The van der Waals surface area contributed by atoms with E-state index in [4.69, 9.17) is 12.2 Å². The summed E-state index contributed by atoms with van der Waals surface area (Å²) in [6.45, 7) is 4.47. The first-order chi connectivity index (χ1) is 6.57. The van der Waals surface area contributed by atoms with Crippen molar-refractivity contribution in [2.45, 2.75) is 29.2 Å². The summed E-state index contributed by atoms with van der Waals surface area (Å²) < 4.78 is 2.93. The SMILES string of the molecule is Cc1csc(SC2(C)CSC(=S)C2)c1. The Morgan fingerprint density at radius 1 is 1.57 bits per heavy atom. The van der Waals surface area contributed by atoms with Crippen LogP contribution in [0.15, 0.2) is 15.7 Å². The van der Waals surface area contributed by atoms with E-state index in [1.807, 2.05) is 34.9 Å². The third-order valence-corrected chi connectivity index (χ3v) is 6.52. The molecule has 0 amide bonds. The van der Waals surface area contributed by atoms with Crippen molar-refractivity contribution in [1.82, 2.24) is 0 Å². The van der Waals surface area contributed by atoms with Gasteiger partial charge in [-0.2, -0.15) is 0 Å². The highest BCUT2D eigenvalue weighted by molar-refractivity contribution is 8.24. The maximum atomic E-state index is 5.24. The minimum absolute atomic E-state index is 0.332. The minimum atomic E-state index is 0.332. The van der Waals surface area contributed by atoms with Gasteiger partial charge in [0.1, 0.15) is 0 Å². The molecule has 1 aliphatic heterocycles. The molecular weight excluding hydrogens is 248 g/mol. The molecule has 1 fully saturated rings. The van der Waals surface area contributed by atoms with Crippen LogP contribution in [0.5, 0.6) is 0 Å². The lowest BCUT2D eigenvalue weighted by Gasteiger charge is -2.19. The van der Waals surface area contributed by atoms with Crippen LogP contribution in [0.1, 0.15) is 18.9 Å². The van der Waals surface area contributed by atoms with Gasteiger partial charge in [-0.05, 0) is 30.9 Å². The Bertz CT molecular complexity index is 355. The Hall–Kier alpha value is 0.490. The summed E-state index contributed by atoms with van der Waals surface area (Å²) in [5, 5.41) is 2.21. The second kappa shape index (κ2) is 4.16. The van der Waals surface area contributed by atoms with Gasteiger partial charge in [0.05, 0.1) is 4.21 Å². The van der Waals surface area contributed by atoms with Crippen molar-refractivity contribution in [3.63, 3.8) is 0 Å². The van der Waals surface area contributed by atoms with Gasteiger partial charge in [0.25, 0.3) is 0 Å². The Morgan fingerprint density at radius 2 is 2.36 bits per heavy atom. The molecule has 0 aliphatic carbocycles. The quantitative estimate of drug-likeness (QED) is 0.725. The van der Waals surface area contributed by atoms with Crippen LogP contribution in [0.2, 0.25) is 0 Å². The smallest absolute Gasteiger partial charge is 0.0606 e. The molecule has 0 bridgehead atoms. The van der Waals surface area contributed by atoms with Gasteiger partial charge < -0.3 is 0 Å². The lowest BCUT2D eigenvalue weighted by Crippen LogP contribution is -2.18. The minimum Gasteiger partial charge on any atom is -0.137 e. The summed E-state index contributed by atoms with van der Waals surface area (Å²) in [4.78, 5) is 0. The molecule has 1 aliphatic rings. The summed E-state index contributed by atoms with van der Waals surface area (Å²) in [6, 6.07) is 2.27. The van der Waals surface area contributed by atoms with Crippen LogP contribution >= 0.6 is 47.1 Å². The third-order valence-electron chi connectivity index (χ3n) is 2.11. The molecule has 1 aromatic heterocycles. The maximum Gasteiger partial charge on any atom is 0.0606 e. The van der Waals surface area contributed by atoms with Gasteiger partial charge in [-0.15, -0.1) is 34.9 Å². The van der Waals surface area contributed by atoms with Crippen LogP contribution in [0, 0.1) is 6.92 Å². The molecule has 1 aromatic rings. The number of rotatable bonds is 2. The van der Waals surface area contributed by atoms with Crippen LogP contribution in [0.4, 0.5) is 0 Å². The van der Waals surface area contributed by atoms with Crippen molar-refractivity contribution in [2.24, 2.45) is 0 Å². The fourth-order valence-corrected chi connectivity index (χ4v) is 6.00. The van der Waals surface area contributed by atoms with Crippen LogP contribution in [0.25, 0.3) is 0 Å². The summed E-state index contributed by atoms with van der Waals surface area (Å²) in [5.41, 5.74) is 1.37. The number of thiocarbonyl (C=S) groups is 1. The van der Waals surface area contributed by atoms with E-state index < -0.39 is 0 Å². The van der Waals surface area contributed by atoms with Crippen molar-refractivity contribution < 1.29 is 0 Å². The predicted molar refractivity (Wildman–Crippen MR) is 73.0 cm³/mol. The molecule has 1 saturated heterocycles. The van der Waals surface area contributed by atoms with Gasteiger partial charge in [-0.25, -0.2) is 0 Å². The Balaban J connectivity index is 2.07. The van der Waals surface area contributed by atoms with Gasteiger partial charge in [0, 0.05) is 21.1 Å². The molecule has 1 atom stereocenters. The van der Waals surface area contributed by atoms with Gasteiger partial charge in [0.2, 0.25) is 0 Å². The highest BCUT2D eigenvalue weighted by atomic mass is 32.2. The van der Waals surface area contributed by atoms with Crippen molar-refractivity contribution in [3.8, 4) is 0 Å². The van der Waals surface area contributed by atoms with Gasteiger partial charge in [-0.1, -0.05) is 12.2 Å². The molecule has 0 aromatic carbocycles. The van der Waals surface area contributed by atoms with Crippen molar-refractivity contribution in [2.75, 3.05) is 5.75 Å². The molecule has 4 heteroatoms. The Labute approximate surface area is 103 Å². The monoisotopic (exact) mass is 260 g/mol. The van der Waals surface area contributed by atoms with Crippen LogP contribution < -0.4 is 0 Å². The predicted octanol–water partition coefficient (Wildman–Crippen LogP) is 4.37. The number of hydrogen-bond acceptors (Lipinski definition) is 4. The van der Waals surface area contributed by atoms with Gasteiger partial charge in [-0.3, -0.25) is 0 Å². The van der Waals surface area contributed by atoms with Crippen molar-refractivity contribution in [3.05, 3.63) is 17.0 Å². The van der Waals surface area contributed by atoms with Crippen molar-refractivity contribution in [1.29, 1.82) is 0 Å². The van der Waals surface area contributed by atoms with E-state index in [1.54, 1.807) is 0 Å². The number of thioether (sulfide) groups is 2.